The van der Waals surface area contributed by atoms with Gasteiger partial charge >= 0.3 is 0 Å². The Morgan fingerprint density at radius 3 is 3.11 bits per heavy atom. The number of nitrogens with zero attached hydrogens (tertiary/aromatic N) is 1. The van der Waals surface area contributed by atoms with Crippen LogP contribution in [0.2, 0.25) is 0 Å². The average molecular weight is 244 g/mol. The largest absolute Gasteiger partial charge is 0.399 e. The molecule has 0 amide bonds. The zero-order chi connectivity index (χ0) is 12.1. The lowest BCUT2D eigenvalue weighted by Crippen LogP contribution is -2.30. The lowest BCUT2D eigenvalue weighted by molar-refractivity contribution is 0.102. The van der Waals surface area contributed by atoms with Gasteiger partial charge in [-0.25, -0.2) is 4.98 Å². The van der Waals surface area contributed by atoms with Crippen molar-refractivity contribution >= 4 is 22.7 Å². The monoisotopic (exact) mass is 244 g/mol. The second kappa shape index (κ2) is 3.62. The molecule has 3 unspecified atom stereocenters. The predicted octanol–water partition coefficient (Wildman–Crippen LogP) is 1.88. The topological polar surface area (TPSA) is 76.0 Å². The van der Waals surface area contributed by atoms with E-state index in [4.69, 9.17) is 10.5 Å². The maximum Gasteiger partial charge on any atom is 0.201 e. The summed E-state index contributed by atoms with van der Waals surface area (Å²) < 4.78 is 5.83. The van der Waals surface area contributed by atoms with E-state index in [0.717, 1.165) is 35.5 Å². The quantitative estimate of drug-likeness (QED) is 0.705. The van der Waals surface area contributed by atoms with Crippen LogP contribution in [0.1, 0.15) is 19.3 Å². The minimum absolute atomic E-state index is 0.355. The summed E-state index contributed by atoms with van der Waals surface area (Å²) >= 11 is 0. The van der Waals surface area contributed by atoms with Gasteiger partial charge in [-0.3, -0.25) is 0 Å². The molecule has 4 rings (SSSR count). The van der Waals surface area contributed by atoms with Gasteiger partial charge in [0.05, 0.1) is 29.3 Å². The third-order valence-electron chi connectivity index (χ3n) is 3.93. The van der Waals surface area contributed by atoms with Gasteiger partial charge in [-0.15, -0.1) is 0 Å². The lowest BCUT2D eigenvalue weighted by Gasteiger charge is -2.19. The molecule has 2 aromatic rings. The Morgan fingerprint density at radius 2 is 2.33 bits per heavy atom. The Balaban J connectivity index is 1.59. The van der Waals surface area contributed by atoms with Crippen LogP contribution >= 0.6 is 0 Å². The van der Waals surface area contributed by atoms with Crippen molar-refractivity contribution in [1.82, 2.24) is 9.97 Å². The summed E-state index contributed by atoms with van der Waals surface area (Å²) in [7, 11) is 0. The molecule has 2 bridgehead atoms. The molecular formula is C13H16N4O. The Bertz CT molecular complexity index is 594. The van der Waals surface area contributed by atoms with Gasteiger partial charge in [0.1, 0.15) is 0 Å². The predicted molar refractivity (Wildman–Crippen MR) is 70.4 cm³/mol. The van der Waals surface area contributed by atoms with Gasteiger partial charge in [-0.1, -0.05) is 0 Å². The van der Waals surface area contributed by atoms with Gasteiger partial charge in [0.25, 0.3) is 0 Å². The van der Waals surface area contributed by atoms with Crippen LogP contribution in [-0.4, -0.2) is 28.2 Å². The third kappa shape index (κ3) is 1.54. The molecule has 3 heterocycles. The highest BCUT2D eigenvalue weighted by atomic mass is 16.5. The van der Waals surface area contributed by atoms with E-state index in [1.54, 1.807) is 0 Å². The number of benzene rings is 1. The van der Waals surface area contributed by atoms with E-state index in [9.17, 15) is 0 Å². The van der Waals surface area contributed by atoms with Crippen LogP contribution < -0.4 is 11.1 Å². The number of hydrogen-bond donors (Lipinski definition) is 3. The normalized spacial score (nSPS) is 30.1. The number of H-pyrrole nitrogens is 1. The summed E-state index contributed by atoms with van der Waals surface area (Å²) in [4.78, 5) is 7.79. The lowest BCUT2D eigenvalue weighted by atomic mass is 9.96. The molecule has 2 fully saturated rings. The van der Waals surface area contributed by atoms with Crippen molar-refractivity contribution in [3.05, 3.63) is 18.2 Å². The summed E-state index contributed by atoms with van der Waals surface area (Å²) in [6.45, 7) is 0. The average Bonchev–Trinajstić information content (AvgIpc) is 3.02. The maximum absolute atomic E-state index is 5.83. The van der Waals surface area contributed by atoms with Gasteiger partial charge in [0.2, 0.25) is 5.95 Å². The third-order valence-corrected chi connectivity index (χ3v) is 3.93. The van der Waals surface area contributed by atoms with Crippen LogP contribution in [0.15, 0.2) is 18.2 Å². The highest BCUT2D eigenvalue weighted by Crippen LogP contribution is 2.35. The van der Waals surface area contributed by atoms with E-state index in [-0.39, 0.29) is 0 Å². The highest BCUT2D eigenvalue weighted by molar-refractivity contribution is 5.80. The van der Waals surface area contributed by atoms with Crippen LogP contribution in [0.5, 0.6) is 0 Å². The fraction of sp³-hybridized carbons (Fsp3) is 0.462. The van der Waals surface area contributed by atoms with Gasteiger partial charge in [-0.05, 0) is 37.5 Å². The molecule has 4 N–H and O–H groups in total. The molecule has 2 saturated heterocycles. The van der Waals surface area contributed by atoms with Gasteiger partial charge in [-0.2, -0.15) is 0 Å². The minimum Gasteiger partial charge on any atom is -0.399 e. The second-order valence-corrected chi connectivity index (χ2v) is 5.22. The van der Waals surface area contributed by atoms with Crippen LogP contribution in [0.3, 0.4) is 0 Å². The van der Waals surface area contributed by atoms with Crippen LogP contribution in [0.4, 0.5) is 11.6 Å². The number of fused-ring (bicyclic) bond motifs is 3. The van der Waals surface area contributed by atoms with Crippen LogP contribution in [0, 0.1) is 0 Å². The number of aromatic nitrogens is 2. The molecule has 2 aliphatic heterocycles. The number of aromatic amines is 1. The van der Waals surface area contributed by atoms with Crippen LogP contribution in [-0.2, 0) is 4.74 Å². The first kappa shape index (κ1) is 10.2. The first-order chi connectivity index (χ1) is 8.78. The van der Waals surface area contributed by atoms with E-state index in [1.165, 1.54) is 6.42 Å². The smallest absolute Gasteiger partial charge is 0.201 e. The van der Waals surface area contributed by atoms with Crippen molar-refractivity contribution in [2.24, 2.45) is 0 Å². The Morgan fingerprint density at radius 1 is 1.39 bits per heavy atom. The molecule has 1 aromatic heterocycles. The number of nitrogens with one attached hydrogen (secondary N) is 2. The Hall–Kier alpha value is -1.75. The van der Waals surface area contributed by atoms with Crippen molar-refractivity contribution in [2.75, 3.05) is 11.1 Å². The highest BCUT2D eigenvalue weighted by Gasteiger charge is 2.40. The SMILES string of the molecule is Nc1ccc2nc(NC3CC4CCC3O4)[nH]c2c1. The fourth-order valence-electron chi connectivity index (χ4n) is 3.06. The second-order valence-electron chi connectivity index (χ2n) is 5.22. The number of imidazole rings is 1. The first-order valence-electron chi connectivity index (χ1n) is 6.45. The number of nitrogen functional groups attached to an aromatic ring is 1. The summed E-state index contributed by atoms with van der Waals surface area (Å²) in [5.74, 6) is 0.816. The van der Waals surface area contributed by atoms with Crippen molar-refractivity contribution < 1.29 is 4.74 Å². The number of hydrogen-bond acceptors (Lipinski definition) is 4. The summed E-state index contributed by atoms with van der Waals surface area (Å²) in [5, 5.41) is 3.45. The molecule has 5 nitrogen and oxygen atoms in total. The van der Waals surface area contributed by atoms with Crippen molar-refractivity contribution in [2.45, 2.75) is 37.5 Å². The Labute approximate surface area is 105 Å². The van der Waals surface area contributed by atoms with E-state index in [0.29, 0.717) is 18.2 Å². The van der Waals surface area contributed by atoms with Gasteiger partial charge < -0.3 is 20.8 Å². The number of ether oxygens (including phenoxy) is 1. The number of nitrogens with two attached hydrogens (primary N) is 1. The zero-order valence-corrected chi connectivity index (χ0v) is 10.0. The van der Waals surface area contributed by atoms with Gasteiger partial charge in [0.15, 0.2) is 0 Å². The molecule has 18 heavy (non-hydrogen) atoms. The van der Waals surface area contributed by atoms with E-state index in [1.807, 2.05) is 18.2 Å². The zero-order valence-electron chi connectivity index (χ0n) is 10.0. The van der Waals surface area contributed by atoms with E-state index in [2.05, 4.69) is 15.3 Å². The number of anilines is 2. The van der Waals surface area contributed by atoms with Crippen molar-refractivity contribution in [1.29, 1.82) is 0 Å². The Kier molecular flexibility index (Phi) is 2.05. The molecule has 94 valence electrons. The van der Waals surface area contributed by atoms with Gasteiger partial charge in [0, 0.05) is 5.69 Å². The summed E-state index contributed by atoms with van der Waals surface area (Å²) in [6.07, 6.45) is 4.26. The summed E-state index contributed by atoms with van der Waals surface area (Å²) in [5.41, 5.74) is 8.42. The first-order valence-corrected chi connectivity index (χ1v) is 6.45. The molecular weight excluding hydrogens is 228 g/mol. The van der Waals surface area contributed by atoms with E-state index < -0.39 is 0 Å². The molecule has 0 radical (unpaired) electrons. The molecule has 5 heteroatoms. The van der Waals surface area contributed by atoms with Crippen molar-refractivity contribution in [3.8, 4) is 0 Å². The van der Waals surface area contributed by atoms with E-state index >= 15 is 0 Å². The molecule has 0 aliphatic carbocycles. The van der Waals surface area contributed by atoms with Crippen LogP contribution in [0.25, 0.3) is 11.0 Å². The summed E-state index contributed by atoms with van der Waals surface area (Å²) in [6, 6.07) is 6.10. The standard InChI is InChI=1S/C13H16N4O/c14-7-1-3-9-10(5-7)16-13(15-9)17-11-6-8-2-4-12(11)18-8/h1,3,5,8,11-12H,2,4,6,14H2,(H2,15,16,17). The molecule has 2 aliphatic rings. The maximum atomic E-state index is 5.83. The minimum atomic E-state index is 0.355. The fourth-order valence-corrected chi connectivity index (χ4v) is 3.06. The van der Waals surface area contributed by atoms with Crippen molar-refractivity contribution in [3.63, 3.8) is 0 Å². The molecule has 0 spiro atoms. The molecule has 1 aromatic carbocycles. The molecule has 3 atom stereocenters. The molecule has 0 saturated carbocycles. The number of rotatable bonds is 2.